The molecule has 0 spiro atoms. The smallest absolute Gasteiger partial charge is 0.404 e. The monoisotopic (exact) mass is 381 g/mol. The van der Waals surface area contributed by atoms with Crippen LogP contribution in [0.15, 0.2) is 27.1 Å². The Morgan fingerprint density at radius 3 is 2.70 bits per heavy atom. The Balaban J connectivity index is 2.24. The molecule has 6 nitrogen and oxygen atoms in total. The average Bonchev–Trinajstić information content (AvgIpc) is 2.88. The summed E-state index contributed by atoms with van der Waals surface area (Å²) in [7, 11) is 0. The molecule has 0 aliphatic heterocycles. The fraction of sp³-hybridized carbons (Fsp3) is 0.438. The first-order valence-electron chi connectivity index (χ1n) is 7.22. The molecular weight excluding hydrogens is 362 g/mol. The summed E-state index contributed by atoms with van der Waals surface area (Å²) in [6.45, 7) is 7.83. The molecule has 23 heavy (non-hydrogen) atoms. The van der Waals surface area contributed by atoms with Gasteiger partial charge in [-0.05, 0) is 30.0 Å². The quantitative estimate of drug-likeness (QED) is 0.867. The van der Waals surface area contributed by atoms with E-state index in [2.05, 4.69) is 26.1 Å². The van der Waals surface area contributed by atoms with Crippen LogP contribution in [0, 0.1) is 12.3 Å². The van der Waals surface area contributed by atoms with Gasteiger partial charge in [-0.15, -0.1) is 10.2 Å². The maximum Gasteiger partial charge on any atom is 0.404 e. The van der Waals surface area contributed by atoms with E-state index < -0.39 is 12.2 Å². The Morgan fingerprint density at radius 2 is 2.09 bits per heavy atom. The molecule has 0 radical (unpaired) electrons. The van der Waals surface area contributed by atoms with Crippen molar-refractivity contribution in [3.8, 4) is 11.5 Å². The Morgan fingerprint density at radius 1 is 1.39 bits per heavy atom. The average molecular weight is 382 g/mol. The van der Waals surface area contributed by atoms with E-state index in [-0.39, 0.29) is 5.41 Å². The van der Waals surface area contributed by atoms with Crippen LogP contribution in [0.3, 0.4) is 0 Å². The molecule has 0 saturated carbocycles. The number of carbonyl (C=O) groups excluding carboxylic acids is 1. The second-order valence-electron chi connectivity index (χ2n) is 6.41. The fourth-order valence-electron chi connectivity index (χ4n) is 2.11. The van der Waals surface area contributed by atoms with E-state index in [1.165, 1.54) is 0 Å². The van der Waals surface area contributed by atoms with Crippen LogP contribution in [0.5, 0.6) is 0 Å². The Labute approximate surface area is 143 Å². The zero-order valence-corrected chi connectivity index (χ0v) is 15.2. The molecule has 1 aromatic heterocycles. The van der Waals surface area contributed by atoms with Crippen molar-refractivity contribution in [1.82, 2.24) is 10.2 Å². The fourth-order valence-corrected chi connectivity index (χ4v) is 2.47. The van der Waals surface area contributed by atoms with Gasteiger partial charge in [0.1, 0.15) is 6.10 Å². The molecule has 1 unspecified atom stereocenters. The normalized spacial score (nSPS) is 12.9. The number of benzene rings is 1. The molecule has 1 aromatic carbocycles. The molecule has 1 heterocycles. The standard InChI is InChI=1S/C16H20BrN3O3/c1-9-10(6-5-7-11(9)17)14-20-19-13(23-14)8-12(16(2,3)4)22-15(18)21/h5-7,12H,8H2,1-4H3,(H2,18,21). The van der Waals surface area contributed by atoms with Gasteiger partial charge in [0.2, 0.25) is 11.8 Å². The van der Waals surface area contributed by atoms with Gasteiger partial charge >= 0.3 is 6.09 Å². The Bertz CT molecular complexity index is 707. The summed E-state index contributed by atoms with van der Waals surface area (Å²) in [5, 5.41) is 8.15. The van der Waals surface area contributed by atoms with Crippen molar-refractivity contribution in [2.24, 2.45) is 11.1 Å². The highest BCUT2D eigenvalue weighted by Crippen LogP contribution is 2.29. The van der Waals surface area contributed by atoms with E-state index >= 15 is 0 Å². The third-order valence-corrected chi connectivity index (χ3v) is 4.41. The number of hydrogen-bond donors (Lipinski definition) is 1. The largest absolute Gasteiger partial charge is 0.445 e. The van der Waals surface area contributed by atoms with E-state index in [0.29, 0.717) is 18.2 Å². The van der Waals surface area contributed by atoms with Crippen molar-refractivity contribution < 1.29 is 13.9 Å². The minimum absolute atomic E-state index is 0.296. The highest BCUT2D eigenvalue weighted by atomic mass is 79.9. The summed E-state index contributed by atoms with van der Waals surface area (Å²) in [4.78, 5) is 11.1. The molecule has 2 aromatic rings. The topological polar surface area (TPSA) is 91.2 Å². The van der Waals surface area contributed by atoms with Gasteiger partial charge in [-0.25, -0.2) is 4.79 Å². The Hall–Kier alpha value is -1.89. The first-order chi connectivity index (χ1) is 10.7. The molecule has 0 aliphatic carbocycles. The molecule has 2 N–H and O–H groups in total. The summed E-state index contributed by atoms with van der Waals surface area (Å²) in [5.74, 6) is 0.839. The van der Waals surface area contributed by atoms with E-state index in [1.54, 1.807) is 0 Å². The summed E-state index contributed by atoms with van der Waals surface area (Å²) in [6, 6.07) is 5.77. The predicted octanol–water partition coefficient (Wildman–Crippen LogP) is 3.86. The van der Waals surface area contributed by atoms with Gasteiger partial charge < -0.3 is 14.9 Å². The number of halogens is 1. The van der Waals surface area contributed by atoms with E-state index in [1.807, 2.05) is 45.9 Å². The van der Waals surface area contributed by atoms with E-state index in [4.69, 9.17) is 14.9 Å². The number of aromatic nitrogens is 2. The van der Waals surface area contributed by atoms with Gasteiger partial charge in [0, 0.05) is 10.0 Å². The maximum atomic E-state index is 11.1. The SMILES string of the molecule is Cc1c(Br)cccc1-c1nnc(CC(OC(N)=O)C(C)(C)C)o1. The van der Waals surface area contributed by atoms with Crippen LogP contribution < -0.4 is 5.73 Å². The van der Waals surface area contributed by atoms with Gasteiger partial charge in [0.25, 0.3) is 0 Å². The van der Waals surface area contributed by atoms with Crippen molar-refractivity contribution in [1.29, 1.82) is 0 Å². The summed E-state index contributed by atoms with van der Waals surface area (Å²) < 4.78 is 11.9. The highest BCUT2D eigenvalue weighted by Gasteiger charge is 2.30. The summed E-state index contributed by atoms with van der Waals surface area (Å²) in [6.07, 6.45) is -0.948. The van der Waals surface area contributed by atoms with Crippen LogP contribution in [-0.2, 0) is 11.2 Å². The lowest BCUT2D eigenvalue weighted by Gasteiger charge is -2.28. The number of ether oxygens (including phenoxy) is 1. The number of hydrogen-bond acceptors (Lipinski definition) is 5. The lowest BCUT2D eigenvalue weighted by molar-refractivity contribution is 0.0334. The predicted molar refractivity (Wildman–Crippen MR) is 89.8 cm³/mol. The molecule has 0 aliphatic rings. The van der Waals surface area contributed by atoms with Crippen LogP contribution in [-0.4, -0.2) is 22.4 Å². The van der Waals surface area contributed by atoms with Crippen LogP contribution in [0.25, 0.3) is 11.5 Å². The van der Waals surface area contributed by atoms with Gasteiger partial charge in [-0.2, -0.15) is 0 Å². The number of nitrogens with two attached hydrogens (primary N) is 1. The zero-order valence-electron chi connectivity index (χ0n) is 13.6. The number of nitrogens with zero attached hydrogens (tertiary/aromatic N) is 2. The third kappa shape index (κ3) is 4.31. The summed E-state index contributed by atoms with van der Waals surface area (Å²) in [5.41, 5.74) is 6.73. The zero-order chi connectivity index (χ0) is 17.2. The number of amides is 1. The maximum absolute atomic E-state index is 11.1. The lowest BCUT2D eigenvalue weighted by Crippen LogP contribution is -2.35. The molecule has 0 bridgehead atoms. The van der Waals surface area contributed by atoms with Crippen molar-refractivity contribution in [2.75, 3.05) is 0 Å². The molecular formula is C16H20BrN3O3. The minimum Gasteiger partial charge on any atom is -0.445 e. The van der Waals surface area contributed by atoms with Crippen molar-refractivity contribution in [3.63, 3.8) is 0 Å². The van der Waals surface area contributed by atoms with Crippen molar-refractivity contribution in [2.45, 2.75) is 40.2 Å². The Kier molecular flexibility index (Phi) is 5.09. The molecule has 7 heteroatoms. The van der Waals surface area contributed by atoms with Crippen molar-refractivity contribution >= 4 is 22.0 Å². The van der Waals surface area contributed by atoms with E-state index in [9.17, 15) is 4.79 Å². The number of carbonyl (C=O) groups is 1. The number of rotatable bonds is 4. The summed E-state index contributed by atoms with van der Waals surface area (Å²) >= 11 is 3.48. The van der Waals surface area contributed by atoms with Gasteiger partial charge in [-0.1, -0.05) is 42.8 Å². The molecule has 0 saturated heterocycles. The van der Waals surface area contributed by atoms with Crippen LogP contribution in [0.4, 0.5) is 4.79 Å². The lowest BCUT2D eigenvalue weighted by atomic mass is 9.87. The van der Waals surface area contributed by atoms with Crippen LogP contribution in [0.2, 0.25) is 0 Å². The van der Waals surface area contributed by atoms with Crippen LogP contribution >= 0.6 is 15.9 Å². The third-order valence-electron chi connectivity index (χ3n) is 3.55. The van der Waals surface area contributed by atoms with E-state index in [0.717, 1.165) is 15.6 Å². The number of primary amides is 1. The first kappa shape index (κ1) is 17.5. The van der Waals surface area contributed by atoms with Gasteiger partial charge in [0.05, 0.1) is 6.42 Å². The molecule has 2 rings (SSSR count). The molecule has 1 atom stereocenters. The molecule has 0 fully saturated rings. The second kappa shape index (κ2) is 6.70. The van der Waals surface area contributed by atoms with Gasteiger partial charge in [-0.3, -0.25) is 0 Å². The highest BCUT2D eigenvalue weighted by molar-refractivity contribution is 9.10. The molecule has 1 amide bonds. The molecule has 124 valence electrons. The van der Waals surface area contributed by atoms with Gasteiger partial charge in [0.15, 0.2) is 0 Å². The first-order valence-corrected chi connectivity index (χ1v) is 8.01. The van der Waals surface area contributed by atoms with Crippen LogP contribution in [0.1, 0.15) is 32.2 Å². The second-order valence-corrected chi connectivity index (χ2v) is 7.26. The van der Waals surface area contributed by atoms with Crippen molar-refractivity contribution in [3.05, 3.63) is 34.1 Å². The minimum atomic E-state index is -0.813.